The highest BCUT2D eigenvalue weighted by atomic mass is 35.5. The number of aliphatic hydroxyl groups is 2. The molecule has 2 N–H and O–H groups in total. The molecule has 3 atom stereocenters. The number of β-amino-alcohol motifs (C(OH)–C–C–N with tert-alkyl or cyclic N) is 1. The second kappa shape index (κ2) is 11.2. The van der Waals surface area contributed by atoms with E-state index in [4.69, 9.17) is 21.4 Å². The predicted molar refractivity (Wildman–Crippen MR) is 133 cm³/mol. The van der Waals surface area contributed by atoms with Crippen LogP contribution in [0.2, 0.25) is 5.02 Å². The van der Waals surface area contributed by atoms with Crippen LogP contribution in [0.4, 0.5) is 10.1 Å². The molecule has 34 heavy (non-hydrogen) atoms. The average molecular weight is 485 g/mol. The van der Waals surface area contributed by atoms with Gasteiger partial charge in [-0.2, -0.15) is 0 Å². The topological polar surface area (TPSA) is 56.2 Å². The van der Waals surface area contributed by atoms with Crippen molar-refractivity contribution in [1.82, 2.24) is 4.90 Å². The van der Waals surface area contributed by atoms with Gasteiger partial charge in [0.1, 0.15) is 18.2 Å². The van der Waals surface area contributed by atoms with Crippen LogP contribution in [0.1, 0.15) is 30.2 Å². The van der Waals surface area contributed by atoms with Crippen LogP contribution in [0.3, 0.4) is 0 Å². The summed E-state index contributed by atoms with van der Waals surface area (Å²) in [7, 11) is 0. The van der Waals surface area contributed by atoms with Crippen molar-refractivity contribution in [3.63, 3.8) is 0 Å². The van der Waals surface area contributed by atoms with Crippen LogP contribution < -0.4 is 9.64 Å². The molecule has 0 aliphatic carbocycles. The van der Waals surface area contributed by atoms with Gasteiger partial charge in [0.15, 0.2) is 0 Å². The maximum atomic E-state index is 13.3. The summed E-state index contributed by atoms with van der Waals surface area (Å²) < 4.78 is 18.8. The van der Waals surface area contributed by atoms with E-state index in [9.17, 15) is 9.50 Å². The third-order valence-corrected chi connectivity index (χ3v) is 6.57. The highest BCUT2D eigenvalue weighted by molar-refractivity contribution is 6.30. The lowest BCUT2D eigenvalue weighted by molar-refractivity contribution is 0.0740. The van der Waals surface area contributed by atoms with Crippen molar-refractivity contribution in [3.8, 4) is 5.75 Å². The first-order chi connectivity index (χ1) is 16.4. The number of hydrogen-bond donors (Lipinski definition) is 2. The van der Waals surface area contributed by atoms with E-state index < -0.39 is 6.10 Å². The lowest BCUT2D eigenvalue weighted by atomic mass is 9.97. The summed E-state index contributed by atoms with van der Waals surface area (Å²) in [4.78, 5) is 4.65. The van der Waals surface area contributed by atoms with E-state index >= 15 is 0 Å². The Balaban J connectivity index is 1.56. The largest absolute Gasteiger partial charge is 0.491 e. The highest BCUT2D eigenvalue weighted by Crippen LogP contribution is 2.35. The van der Waals surface area contributed by atoms with Crippen LogP contribution in [-0.4, -0.2) is 54.0 Å². The summed E-state index contributed by atoms with van der Waals surface area (Å²) in [6.45, 7) is 4.33. The van der Waals surface area contributed by atoms with Crippen molar-refractivity contribution in [3.05, 3.63) is 94.8 Å². The van der Waals surface area contributed by atoms with Gasteiger partial charge in [-0.25, -0.2) is 4.39 Å². The van der Waals surface area contributed by atoms with Crippen LogP contribution in [-0.2, 0) is 0 Å². The molecule has 1 saturated heterocycles. The molecule has 5 nitrogen and oxygen atoms in total. The third kappa shape index (κ3) is 5.88. The summed E-state index contributed by atoms with van der Waals surface area (Å²) in [5, 5.41) is 20.5. The zero-order chi connectivity index (χ0) is 24.1. The van der Waals surface area contributed by atoms with E-state index in [0.29, 0.717) is 23.7 Å². The Morgan fingerprint density at radius 2 is 1.68 bits per heavy atom. The first kappa shape index (κ1) is 24.5. The van der Waals surface area contributed by atoms with E-state index in [1.165, 1.54) is 12.1 Å². The minimum atomic E-state index is -0.705. The summed E-state index contributed by atoms with van der Waals surface area (Å²) >= 11 is 6.15. The zero-order valence-corrected chi connectivity index (χ0v) is 19.9. The molecular formula is C27H30ClFN2O3. The molecule has 0 radical (unpaired) electrons. The van der Waals surface area contributed by atoms with Gasteiger partial charge < -0.3 is 19.8 Å². The van der Waals surface area contributed by atoms with Crippen LogP contribution >= 0.6 is 11.6 Å². The molecule has 0 aromatic heterocycles. The van der Waals surface area contributed by atoms with Gasteiger partial charge in [0.25, 0.3) is 0 Å². The van der Waals surface area contributed by atoms with E-state index in [1.54, 1.807) is 12.1 Å². The van der Waals surface area contributed by atoms with Crippen molar-refractivity contribution in [2.24, 2.45) is 0 Å². The molecule has 4 rings (SSSR count). The quantitative estimate of drug-likeness (QED) is 0.479. The first-order valence-electron chi connectivity index (χ1n) is 11.5. The van der Waals surface area contributed by atoms with Gasteiger partial charge in [-0.05, 0) is 66.6 Å². The molecule has 0 saturated carbocycles. The Bertz CT molecular complexity index is 1050. The molecule has 0 amide bonds. The standard InChI is InChI=1S/C27H30ClFN2O3/c1-19-16-31(24-10-12-25(13-11-24)34-15-14-32)26(20-2-6-22(28)7-3-20)17-30(19)18-27(33)21-4-8-23(29)9-5-21/h2-13,19,26-27,32-33H,14-18H2,1H3/t19-,26+,27-/m1/s1. The molecule has 1 aliphatic heterocycles. The van der Waals surface area contributed by atoms with Crippen molar-refractivity contribution < 1.29 is 19.3 Å². The molecule has 1 aliphatic rings. The van der Waals surface area contributed by atoms with Gasteiger partial charge in [-0.1, -0.05) is 35.9 Å². The number of nitrogens with zero attached hydrogens (tertiary/aromatic N) is 2. The van der Waals surface area contributed by atoms with Crippen molar-refractivity contribution in [1.29, 1.82) is 0 Å². The molecule has 3 aromatic carbocycles. The van der Waals surface area contributed by atoms with Crippen molar-refractivity contribution >= 4 is 17.3 Å². The number of benzene rings is 3. The number of piperazine rings is 1. The van der Waals surface area contributed by atoms with Gasteiger partial charge in [0, 0.05) is 36.4 Å². The monoisotopic (exact) mass is 484 g/mol. The second-order valence-electron chi connectivity index (χ2n) is 8.66. The normalized spacial score (nSPS) is 19.7. The van der Waals surface area contributed by atoms with Gasteiger partial charge in [-0.3, -0.25) is 4.90 Å². The van der Waals surface area contributed by atoms with Crippen LogP contribution in [0.5, 0.6) is 5.75 Å². The fourth-order valence-electron chi connectivity index (χ4n) is 4.45. The summed E-state index contributed by atoms with van der Waals surface area (Å²) in [5.41, 5.74) is 2.91. The first-order valence-corrected chi connectivity index (χ1v) is 11.9. The molecule has 3 aromatic rings. The lowest BCUT2D eigenvalue weighted by Gasteiger charge is -2.47. The maximum Gasteiger partial charge on any atom is 0.123 e. The van der Waals surface area contributed by atoms with E-state index in [0.717, 1.165) is 23.5 Å². The lowest BCUT2D eigenvalue weighted by Crippen LogP contribution is -2.54. The van der Waals surface area contributed by atoms with Gasteiger partial charge >= 0.3 is 0 Å². The molecule has 0 spiro atoms. The van der Waals surface area contributed by atoms with Crippen LogP contribution in [0.15, 0.2) is 72.8 Å². The van der Waals surface area contributed by atoms with Gasteiger partial charge in [0.2, 0.25) is 0 Å². The Hall–Kier alpha value is -2.64. The van der Waals surface area contributed by atoms with Crippen LogP contribution in [0.25, 0.3) is 0 Å². The Morgan fingerprint density at radius 3 is 2.32 bits per heavy atom. The van der Waals surface area contributed by atoms with E-state index in [1.807, 2.05) is 48.5 Å². The SMILES string of the molecule is C[C@@H]1CN(c2ccc(OCCO)cc2)[C@H](c2ccc(Cl)cc2)CN1C[C@@H](O)c1ccc(F)cc1. The molecule has 0 unspecified atom stereocenters. The Kier molecular flexibility index (Phi) is 8.06. The fourth-order valence-corrected chi connectivity index (χ4v) is 4.57. The van der Waals surface area contributed by atoms with Gasteiger partial charge in [-0.15, -0.1) is 0 Å². The number of anilines is 1. The minimum Gasteiger partial charge on any atom is -0.491 e. The van der Waals surface area contributed by atoms with E-state index in [-0.39, 0.29) is 31.1 Å². The van der Waals surface area contributed by atoms with E-state index in [2.05, 4.69) is 16.7 Å². The smallest absolute Gasteiger partial charge is 0.123 e. The number of ether oxygens (including phenoxy) is 1. The van der Waals surface area contributed by atoms with Crippen LogP contribution in [0, 0.1) is 5.82 Å². The number of aliphatic hydroxyl groups excluding tert-OH is 2. The van der Waals surface area contributed by atoms with Gasteiger partial charge in [0.05, 0.1) is 18.8 Å². The summed E-state index contributed by atoms with van der Waals surface area (Å²) in [6, 6.07) is 22.1. The second-order valence-corrected chi connectivity index (χ2v) is 9.09. The van der Waals surface area contributed by atoms with Crippen molar-refractivity contribution in [2.45, 2.75) is 25.1 Å². The highest BCUT2D eigenvalue weighted by Gasteiger charge is 2.33. The third-order valence-electron chi connectivity index (χ3n) is 6.31. The molecule has 0 bridgehead atoms. The number of hydrogen-bond acceptors (Lipinski definition) is 5. The fraction of sp³-hybridized carbons (Fsp3) is 0.333. The number of halogens is 2. The minimum absolute atomic E-state index is 0.0242. The predicted octanol–water partition coefficient (Wildman–Crippen LogP) is 4.84. The Morgan fingerprint density at radius 1 is 1.00 bits per heavy atom. The average Bonchev–Trinajstić information content (AvgIpc) is 2.85. The van der Waals surface area contributed by atoms with Crippen molar-refractivity contribution in [2.75, 3.05) is 37.7 Å². The zero-order valence-electron chi connectivity index (χ0n) is 19.1. The Labute approximate surface area is 205 Å². The molecular weight excluding hydrogens is 455 g/mol. The maximum absolute atomic E-state index is 13.3. The number of rotatable bonds is 8. The summed E-state index contributed by atoms with van der Waals surface area (Å²) in [6.07, 6.45) is -0.705. The molecule has 7 heteroatoms. The molecule has 1 heterocycles. The molecule has 1 fully saturated rings. The molecule has 180 valence electrons. The summed E-state index contributed by atoms with van der Waals surface area (Å²) in [5.74, 6) is 0.406.